The van der Waals surface area contributed by atoms with Crippen molar-refractivity contribution in [3.63, 3.8) is 0 Å². The van der Waals surface area contributed by atoms with E-state index in [2.05, 4.69) is 20.8 Å². The van der Waals surface area contributed by atoms with E-state index in [4.69, 9.17) is 10.3 Å². The van der Waals surface area contributed by atoms with Gasteiger partial charge in [0, 0.05) is 17.3 Å². The zero-order valence-electron chi connectivity index (χ0n) is 13.7. The van der Waals surface area contributed by atoms with Gasteiger partial charge in [0.05, 0.1) is 5.54 Å². The molecule has 1 heterocycles. The Morgan fingerprint density at radius 1 is 1.38 bits per heavy atom. The average Bonchev–Trinajstić information content (AvgIpc) is 2.94. The van der Waals surface area contributed by atoms with Crippen molar-refractivity contribution < 1.29 is 9.32 Å². The van der Waals surface area contributed by atoms with E-state index in [1.54, 1.807) is 12.1 Å². The SMILES string of the molecule is CC(C)NC(=O)Nc1cccc(-c2nc(C3(N)CCC3)no2)c1.Cl. The van der Waals surface area contributed by atoms with Crippen molar-refractivity contribution in [1.29, 1.82) is 0 Å². The lowest BCUT2D eigenvalue weighted by molar-refractivity contribution is 0.229. The smallest absolute Gasteiger partial charge is 0.319 e. The largest absolute Gasteiger partial charge is 0.336 e. The van der Waals surface area contributed by atoms with Crippen LogP contribution >= 0.6 is 12.4 Å². The van der Waals surface area contributed by atoms with Crippen LogP contribution in [0.4, 0.5) is 10.5 Å². The molecule has 24 heavy (non-hydrogen) atoms. The number of hydrogen-bond acceptors (Lipinski definition) is 5. The van der Waals surface area contributed by atoms with Crippen molar-refractivity contribution in [1.82, 2.24) is 15.5 Å². The molecule has 1 fully saturated rings. The number of nitrogens with zero attached hydrogens (tertiary/aromatic N) is 2. The van der Waals surface area contributed by atoms with Crippen molar-refractivity contribution in [2.45, 2.75) is 44.7 Å². The Hall–Kier alpha value is -2.12. The molecular formula is C16H22ClN5O2. The number of nitrogens with one attached hydrogen (secondary N) is 2. The summed E-state index contributed by atoms with van der Waals surface area (Å²) in [5.41, 5.74) is 7.16. The molecular weight excluding hydrogens is 330 g/mol. The third kappa shape index (κ3) is 3.85. The lowest BCUT2D eigenvalue weighted by atomic mass is 9.77. The van der Waals surface area contributed by atoms with Crippen LogP contribution in [0.1, 0.15) is 38.9 Å². The second-order valence-electron chi connectivity index (χ2n) is 6.27. The van der Waals surface area contributed by atoms with Crippen LogP contribution in [0.25, 0.3) is 11.5 Å². The fourth-order valence-corrected chi connectivity index (χ4v) is 2.48. The van der Waals surface area contributed by atoms with E-state index >= 15 is 0 Å². The molecule has 1 aliphatic carbocycles. The summed E-state index contributed by atoms with van der Waals surface area (Å²) in [6, 6.07) is 7.09. The third-order valence-electron chi connectivity index (χ3n) is 3.90. The standard InChI is InChI=1S/C16H21N5O2.ClH/c1-10(2)18-15(22)19-12-6-3-5-11(9-12)13-20-14(21-23-13)16(17)7-4-8-16;/h3,5-6,9-10H,4,7-8,17H2,1-2H3,(H2,18,19,22);1H. The quantitative estimate of drug-likeness (QED) is 0.785. The van der Waals surface area contributed by atoms with Crippen LogP contribution in [0.2, 0.25) is 0 Å². The van der Waals surface area contributed by atoms with Crippen LogP contribution in [-0.4, -0.2) is 22.2 Å². The number of benzene rings is 1. The number of urea groups is 1. The van der Waals surface area contributed by atoms with E-state index in [-0.39, 0.29) is 24.5 Å². The maximum atomic E-state index is 11.8. The highest BCUT2D eigenvalue weighted by Crippen LogP contribution is 2.37. The van der Waals surface area contributed by atoms with Crippen molar-refractivity contribution in [3.05, 3.63) is 30.1 Å². The van der Waals surface area contributed by atoms with Gasteiger partial charge in [0.15, 0.2) is 5.82 Å². The summed E-state index contributed by atoms with van der Waals surface area (Å²) < 4.78 is 5.33. The van der Waals surface area contributed by atoms with Crippen molar-refractivity contribution >= 4 is 24.1 Å². The average molecular weight is 352 g/mol. The number of nitrogens with two attached hydrogens (primary N) is 1. The summed E-state index contributed by atoms with van der Waals surface area (Å²) in [7, 11) is 0. The van der Waals surface area contributed by atoms with Crippen molar-refractivity contribution in [3.8, 4) is 11.5 Å². The molecule has 3 rings (SSSR count). The Morgan fingerprint density at radius 2 is 2.12 bits per heavy atom. The highest BCUT2D eigenvalue weighted by Gasteiger charge is 2.39. The Kier molecular flexibility index (Phi) is 5.46. The fraction of sp³-hybridized carbons (Fsp3) is 0.438. The monoisotopic (exact) mass is 351 g/mol. The molecule has 1 aromatic heterocycles. The fourth-order valence-electron chi connectivity index (χ4n) is 2.48. The molecule has 0 radical (unpaired) electrons. The molecule has 0 aliphatic heterocycles. The number of carbonyl (C=O) groups is 1. The summed E-state index contributed by atoms with van der Waals surface area (Å²) in [5, 5.41) is 9.56. The summed E-state index contributed by atoms with van der Waals surface area (Å²) in [6.45, 7) is 3.80. The Bertz CT molecular complexity index is 712. The molecule has 8 heteroatoms. The van der Waals surface area contributed by atoms with Gasteiger partial charge < -0.3 is 20.9 Å². The van der Waals surface area contributed by atoms with Crippen LogP contribution in [-0.2, 0) is 5.54 Å². The molecule has 2 amide bonds. The summed E-state index contributed by atoms with van der Waals surface area (Å²) in [4.78, 5) is 16.2. The number of anilines is 1. The molecule has 0 unspecified atom stereocenters. The minimum Gasteiger partial charge on any atom is -0.336 e. The van der Waals surface area contributed by atoms with Crippen LogP contribution in [0.3, 0.4) is 0 Å². The molecule has 2 aromatic rings. The third-order valence-corrected chi connectivity index (χ3v) is 3.90. The molecule has 4 N–H and O–H groups in total. The van der Waals surface area contributed by atoms with Gasteiger partial charge in [-0.25, -0.2) is 4.79 Å². The molecule has 0 spiro atoms. The normalized spacial score (nSPS) is 15.3. The molecule has 0 atom stereocenters. The maximum absolute atomic E-state index is 11.8. The lowest BCUT2D eigenvalue weighted by Crippen LogP contribution is -2.44. The lowest BCUT2D eigenvalue weighted by Gasteiger charge is -2.34. The van der Waals surface area contributed by atoms with Gasteiger partial charge in [0.2, 0.25) is 0 Å². The number of aromatic nitrogens is 2. The van der Waals surface area contributed by atoms with Crippen LogP contribution < -0.4 is 16.4 Å². The molecule has 130 valence electrons. The Labute approximate surface area is 146 Å². The highest BCUT2D eigenvalue weighted by atomic mass is 35.5. The number of amides is 2. The van der Waals surface area contributed by atoms with Gasteiger partial charge in [-0.1, -0.05) is 11.2 Å². The van der Waals surface area contributed by atoms with Gasteiger partial charge in [-0.15, -0.1) is 12.4 Å². The Balaban J connectivity index is 0.00000208. The van der Waals surface area contributed by atoms with E-state index in [9.17, 15) is 4.79 Å². The van der Waals surface area contributed by atoms with E-state index in [0.717, 1.165) is 24.8 Å². The summed E-state index contributed by atoms with van der Waals surface area (Å²) >= 11 is 0. The van der Waals surface area contributed by atoms with Gasteiger partial charge in [-0.05, 0) is 51.3 Å². The summed E-state index contributed by atoms with van der Waals surface area (Å²) in [5.74, 6) is 0.958. The number of rotatable bonds is 4. The number of carbonyl (C=O) groups excluding carboxylic acids is 1. The zero-order chi connectivity index (χ0) is 16.4. The van der Waals surface area contributed by atoms with Crippen molar-refractivity contribution in [2.24, 2.45) is 5.73 Å². The van der Waals surface area contributed by atoms with Gasteiger partial charge in [-0.2, -0.15) is 4.98 Å². The first kappa shape index (κ1) is 18.2. The van der Waals surface area contributed by atoms with Crippen molar-refractivity contribution in [2.75, 3.05) is 5.32 Å². The first-order valence-electron chi connectivity index (χ1n) is 7.77. The molecule has 0 bridgehead atoms. The van der Waals surface area contributed by atoms with Gasteiger partial charge in [0.25, 0.3) is 5.89 Å². The van der Waals surface area contributed by atoms with E-state index in [1.165, 1.54) is 0 Å². The zero-order valence-corrected chi connectivity index (χ0v) is 14.5. The van der Waals surface area contributed by atoms with Gasteiger partial charge in [0.1, 0.15) is 0 Å². The van der Waals surface area contributed by atoms with Gasteiger partial charge in [-0.3, -0.25) is 0 Å². The van der Waals surface area contributed by atoms with Crippen LogP contribution in [0.5, 0.6) is 0 Å². The summed E-state index contributed by atoms with van der Waals surface area (Å²) in [6.07, 6.45) is 2.84. The maximum Gasteiger partial charge on any atom is 0.319 e. The van der Waals surface area contributed by atoms with E-state index in [0.29, 0.717) is 17.4 Å². The van der Waals surface area contributed by atoms with Crippen LogP contribution in [0, 0.1) is 0 Å². The van der Waals surface area contributed by atoms with Crippen LogP contribution in [0.15, 0.2) is 28.8 Å². The molecule has 1 aliphatic rings. The second-order valence-corrected chi connectivity index (χ2v) is 6.27. The first-order chi connectivity index (χ1) is 11.0. The topological polar surface area (TPSA) is 106 Å². The molecule has 1 aromatic carbocycles. The minimum absolute atomic E-state index is 0. The van der Waals surface area contributed by atoms with E-state index in [1.807, 2.05) is 26.0 Å². The predicted octanol–water partition coefficient (Wildman–Crippen LogP) is 3.03. The predicted molar refractivity (Wildman–Crippen MR) is 94.0 cm³/mol. The molecule has 7 nitrogen and oxygen atoms in total. The minimum atomic E-state index is -0.450. The first-order valence-corrected chi connectivity index (χ1v) is 7.77. The number of halogens is 1. The highest BCUT2D eigenvalue weighted by molar-refractivity contribution is 5.90. The second kappa shape index (κ2) is 7.19. The molecule has 0 saturated heterocycles. The van der Waals surface area contributed by atoms with Gasteiger partial charge >= 0.3 is 6.03 Å². The Morgan fingerprint density at radius 3 is 2.75 bits per heavy atom. The van der Waals surface area contributed by atoms with E-state index < -0.39 is 5.54 Å². The number of hydrogen-bond donors (Lipinski definition) is 3. The molecule has 1 saturated carbocycles.